The largest absolute Gasteiger partial charge is 0.416 e. The summed E-state index contributed by atoms with van der Waals surface area (Å²) in [4.78, 5) is 18.2. The summed E-state index contributed by atoms with van der Waals surface area (Å²) in [7, 11) is 0. The van der Waals surface area contributed by atoms with E-state index in [9.17, 15) is 31.1 Å². The highest BCUT2D eigenvalue weighted by molar-refractivity contribution is 6.33. The minimum absolute atomic E-state index is 0.0564. The lowest BCUT2D eigenvalue weighted by Crippen LogP contribution is -2.38. The maximum absolute atomic E-state index is 14.5. The van der Waals surface area contributed by atoms with Crippen molar-refractivity contribution in [3.63, 3.8) is 0 Å². The lowest BCUT2D eigenvalue weighted by molar-refractivity contribution is -0.143. The SMILES string of the molecule is O=C(c1nnn(Cc2cc(C(F)(F)F)cc(C(F)(F)F)c2)c1N1CCOCC1)c1c(-c2ccccc2Cl)noc1CN1CCOCC1. The van der Waals surface area contributed by atoms with Gasteiger partial charge >= 0.3 is 12.4 Å². The molecule has 0 bridgehead atoms. The van der Waals surface area contributed by atoms with Crippen molar-refractivity contribution < 1.29 is 45.1 Å². The summed E-state index contributed by atoms with van der Waals surface area (Å²) in [6.07, 6.45) is -10.1. The first-order valence-electron chi connectivity index (χ1n) is 14.5. The van der Waals surface area contributed by atoms with E-state index in [1.165, 1.54) is 0 Å². The van der Waals surface area contributed by atoms with Crippen LogP contribution in [0.25, 0.3) is 11.3 Å². The molecule has 4 heterocycles. The first kappa shape index (κ1) is 32.9. The summed E-state index contributed by atoms with van der Waals surface area (Å²) < 4.78 is 99.4. The van der Waals surface area contributed by atoms with Crippen molar-refractivity contribution in [1.29, 1.82) is 0 Å². The molecule has 6 rings (SSSR count). The van der Waals surface area contributed by atoms with E-state index < -0.39 is 35.8 Å². The summed E-state index contributed by atoms with van der Waals surface area (Å²) in [6, 6.07) is 8.02. The minimum Gasteiger partial charge on any atom is -0.379 e. The van der Waals surface area contributed by atoms with Gasteiger partial charge in [-0.2, -0.15) is 26.3 Å². The van der Waals surface area contributed by atoms with Crippen LogP contribution in [0, 0.1) is 0 Å². The zero-order valence-corrected chi connectivity index (χ0v) is 25.3. The third-order valence-electron chi connectivity index (χ3n) is 7.80. The molecule has 2 aliphatic rings. The summed E-state index contributed by atoms with van der Waals surface area (Å²) in [5, 5.41) is 12.7. The number of nitrogens with zero attached hydrogens (tertiary/aromatic N) is 6. The molecule has 0 saturated carbocycles. The van der Waals surface area contributed by atoms with Crippen LogP contribution in [0.15, 0.2) is 47.0 Å². The fraction of sp³-hybridized carbons (Fsp3) is 0.400. The van der Waals surface area contributed by atoms with Crippen LogP contribution in [0.3, 0.4) is 0 Å². The second kappa shape index (κ2) is 13.3. The van der Waals surface area contributed by atoms with Crippen LogP contribution < -0.4 is 4.90 Å². The predicted octanol–water partition coefficient (Wildman–Crippen LogP) is 5.57. The van der Waals surface area contributed by atoms with Crippen LogP contribution in [0.5, 0.6) is 0 Å². The van der Waals surface area contributed by atoms with Gasteiger partial charge in [-0.05, 0) is 29.8 Å². The molecule has 2 aliphatic heterocycles. The molecule has 0 radical (unpaired) electrons. The first-order chi connectivity index (χ1) is 22.4. The predicted molar refractivity (Wildman–Crippen MR) is 155 cm³/mol. The standard InChI is InChI=1S/C30H27ClF6N6O4/c31-22-4-2-1-3-21(22)25-24(23(47-39-25)17-41-5-9-45-10-6-41)27(44)26-28(42-7-11-46-12-8-42)43(40-38-26)16-18-13-19(29(32,33)34)15-20(14-18)30(35,36)37/h1-4,13-15H,5-12,16-17H2. The molecule has 47 heavy (non-hydrogen) atoms. The van der Waals surface area contributed by atoms with E-state index in [4.69, 9.17) is 25.6 Å². The number of carbonyl (C=O) groups excluding carboxylic acids is 1. The molecular weight excluding hydrogens is 658 g/mol. The Labute approximate surface area is 268 Å². The summed E-state index contributed by atoms with van der Waals surface area (Å²) >= 11 is 6.49. The molecule has 2 saturated heterocycles. The number of morpholine rings is 2. The van der Waals surface area contributed by atoms with Crippen molar-refractivity contribution in [2.75, 3.05) is 57.5 Å². The maximum atomic E-state index is 14.5. The zero-order valence-electron chi connectivity index (χ0n) is 24.6. The van der Waals surface area contributed by atoms with Gasteiger partial charge in [-0.3, -0.25) is 9.69 Å². The molecule has 0 atom stereocenters. The normalized spacial score (nSPS) is 16.5. The van der Waals surface area contributed by atoms with Gasteiger partial charge in [0.15, 0.2) is 17.3 Å². The van der Waals surface area contributed by atoms with Gasteiger partial charge in [-0.15, -0.1) is 5.10 Å². The Morgan fingerprint density at radius 2 is 1.47 bits per heavy atom. The van der Waals surface area contributed by atoms with Crippen LogP contribution in [0.2, 0.25) is 5.02 Å². The first-order valence-corrected chi connectivity index (χ1v) is 14.9. The van der Waals surface area contributed by atoms with E-state index in [1.54, 1.807) is 29.2 Å². The second-order valence-electron chi connectivity index (χ2n) is 11.0. The highest BCUT2D eigenvalue weighted by Gasteiger charge is 2.38. The van der Waals surface area contributed by atoms with Crippen LogP contribution in [0.1, 0.15) is 38.5 Å². The van der Waals surface area contributed by atoms with Gasteiger partial charge in [0, 0.05) is 31.7 Å². The Kier molecular flexibility index (Phi) is 9.29. The highest BCUT2D eigenvalue weighted by Crippen LogP contribution is 2.38. The Morgan fingerprint density at radius 1 is 0.851 bits per heavy atom. The number of ether oxygens (including phenoxy) is 2. The average Bonchev–Trinajstić information content (AvgIpc) is 3.65. The van der Waals surface area contributed by atoms with Crippen molar-refractivity contribution in [1.82, 2.24) is 25.1 Å². The third kappa shape index (κ3) is 7.15. The van der Waals surface area contributed by atoms with E-state index in [0.717, 1.165) is 4.68 Å². The molecule has 0 N–H and O–H groups in total. The number of benzene rings is 2. The molecule has 10 nitrogen and oxygen atoms in total. The van der Waals surface area contributed by atoms with E-state index in [0.29, 0.717) is 49.0 Å². The maximum Gasteiger partial charge on any atom is 0.416 e. The van der Waals surface area contributed by atoms with Gasteiger partial charge in [0.2, 0.25) is 5.78 Å². The molecule has 250 valence electrons. The Bertz CT molecular complexity index is 1710. The number of hydrogen-bond donors (Lipinski definition) is 0. The Hall–Kier alpha value is -3.99. The van der Waals surface area contributed by atoms with E-state index in [1.807, 2.05) is 4.90 Å². The summed E-state index contributed by atoms with van der Waals surface area (Å²) in [6.45, 7) is 2.78. The van der Waals surface area contributed by atoms with Crippen LogP contribution in [-0.2, 0) is 34.9 Å². The van der Waals surface area contributed by atoms with Gasteiger partial charge in [0.25, 0.3) is 0 Å². The van der Waals surface area contributed by atoms with Crippen LogP contribution in [0.4, 0.5) is 32.2 Å². The van der Waals surface area contributed by atoms with Crippen LogP contribution in [-0.4, -0.2) is 83.4 Å². The molecule has 0 amide bonds. The monoisotopic (exact) mass is 684 g/mol. The molecule has 2 aromatic carbocycles. The summed E-state index contributed by atoms with van der Waals surface area (Å²) in [5.74, 6) is -0.327. The van der Waals surface area contributed by atoms with E-state index >= 15 is 0 Å². The van der Waals surface area contributed by atoms with Gasteiger partial charge in [-0.1, -0.05) is 40.2 Å². The lowest BCUT2D eigenvalue weighted by atomic mass is 10.00. The smallest absolute Gasteiger partial charge is 0.379 e. The highest BCUT2D eigenvalue weighted by atomic mass is 35.5. The molecule has 0 aliphatic carbocycles. The third-order valence-corrected chi connectivity index (χ3v) is 8.13. The molecule has 0 spiro atoms. The number of alkyl halides is 6. The molecular formula is C30H27ClF6N6O4. The quantitative estimate of drug-likeness (QED) is 0.174. The Morgan fingerprint density at radius 3 is 2.09 bits per heavy atom. The van der Waals surface area contributed by atoms with Crippen molar-refractivity contribution in [2.45, 2.75) is 25.4 Å². The van der Waals surface area contributed by atoms with Crippen molar-refractivity contribution in [2.24, 2.45) is 0 Å². The van der Waals surface area contributed by atoms with E-state index in [-0.39, 0.29) is 73.0 Å². The van der Waals surface area contributed by atoms with E-state index in [2.05, 4.69) is 15.5 Å². The second-order valence-corrected chi connectivity index (χ2v) is 11.4. The van der Waals surface area contributed by atoms with Crippen molar-refractivity contribution in [3.8, 4) is 11.3 Å². The number of anilines is 1. The van der Waals surface area contributed by atoms with Gasteiger partial charge in [-0.25, -0.2) is 4.68 Å². The zero-order chi connectivity index (χ0) is 33.3. The molecule has 2 aromatic heterocycles. The number of hydrogen-bond acceptors (Lipinski definition) is 9. The molecule has 0 unspecified atom stereocenters. The van der Waals surface area contributed by atoms with Gasteiger partial charge in [0.1, 0.15) is 5.69 Å². The number of carbonyl (C=O) groups is 1. The average molecular weight is 685 g/mol. The van der Waals surface area contributed by atoms with Gasteiger partial charge < -0.3 is 18.9 Å². The van der Waals surface area contributed by atoms with Gasteiger partial charge in [0.05, 0.1) is 61.2 Å². The number of aromatic nitrogens is 4. The minimum atomic E-state index is -5.03. The van der Waals surface area contributed by atoms with Crippen molar-refractivity contribution in [3.05, 3.63) is 81.2 Å². The topological polar surface area (TPSA) is 98.8 Å². The van der Waals surface area contributed by atoms with Crippen LogP contribution >= 0.6 is 11.6 Å². The van der Waals surface area contributed by atoms with Crippen molar-refractivity contribution >= 4 is 23.2 Å². The fourth-order valence-corrected chi connectivity index (χ4v) is 5.74. The number of rotatable bonds is 8. The molecule has 2 fully saturated rings. The Balaban J connectivity index is 1.45. The summed E-state index contributed by atoms with van der Waals surface area (Å²) in [5.41, 5.74) is -2.82. The number of ketones is 1. The lowest BCUT2D eigenvalue weighted by Gasteiger charge is -2.29. The molecule has 17 heteroatoms. The number of halogens is 7. The molecule has 4 aromatic rings. The fourth-order valence-electron chi connectivity index (χ4n) is 5.52.